The summed E-state index contributed by atoms with van der Waals surface area (Å²) in [7, 11) is 0. The number of rotatable bonds is 6. The van der Waals surface area contributed by atoms with Gasteiger partial charge in [-0.05, 0) is 25.0 Å². The van der Waals surface area contributed by atoms with E-state index in [0.717, 1.165) is 12.8 Å². The average Bonchev–Trinajstić information content (AvgIpc) is 3.12. The number of hydrogen-bond acceptors (Lipinski definition) is 3. The van der Waals surface area contributed by atoms with E-state index < -0.39 is 0 Å². The second-order valence-corrected chi connectivity index (χ2v) is 4.74. The van der Waals surface area contributed by atoms with E-state index in [1.165, 1.54) is 0 Å². The number of aliphatic hydroxyl groups is 1. The fraction of sp³-hybridized carbons (Fsp3) is 0.462. The summed E-state index contributed by atoms with van der Waals surface area (Å²) in [6, 6.07) is 7.56. The van der Waals surface area contributed by atoms with Gasteiger partial charge in [-0.2, -0.15) is 0 Å². The van der Waals surface area contributed by atoms with Crippen molar-refractivity contribution in [3.63, 3.8) is 0 Å². The van der Waals surface area contributed by atoms with E-state index in [2.05, 4.69) is 0 Å². The second kappa shape index (κ2) is 5.63. The molecule has 4 heteroatoms. The minimum Gasteiger partial charge on any atom is -0.395 e. The summed E-state index contributed by atoms with van der Waals surface area (Å²) in [5, 5.41) is 9.47. The van der Waals surface area contributed by atoms with Crippen molar-refractivity contribution < 1.29 is 9.90 Å². The number of carbonyl (C=O) groups is 1. The van der Waals surface area contributed by atoms with Crippen LogP contribution in [0.15, 0.2) is 24.3 Å². The van der Waals surface area contributed by atoms with Crippen molar-refractivity contribution in [2.24, 2.45) is 0 Å². The number of halogens is 1. The fourth-order valence-corrected chi connectivity index (χ4v) is 2.16. The first-order valence-electron chi connectivity index (χ1n) is 5.85. The zero-order valence-electron chi connectivity index (χ0n) is 9.60. The molecule has 0 atom stereocenters. The van der Waals surface area contributed by atoms with Crippen LogP contribution in [-0.2, 0) is 0 Å². The van der Waals surface area contributed by atoms with Gasteiger partial charge >= 0.3 is 0 Å². The smallest absolute Gasteiger partial charge is 0.178 e. The van der Waals surface area contributed by atoms with Gasteiger partial charge in [0.25, 0.3) is 0 Å². The lowest BCUT2D eigenvalue weighted by Crippen LogP contribution is -2.34. The number of nitrogens with zero attached hydrogens (tertiary/aromatic N) is 1. The van der Waals surface area contributed by atoms with Gasteiger partial charge in [0.05, 0.1) is 18.2 Å². The highest BCUT2D eigenvalue weighted by atomic mass is 35.5. The fourth-order valence-electron chi connectivity index (χ4n) is 1.92. The van der Waals surface area contributed by atoms with Crippen LogP contribution in [0.25, 0.3) is 0 Å². The Balaban J connectivity index is 2.02. The minimum atomic E-state index is 0.0240. The maximum Gasteiger partial charge on any atom is 0.178 e. The minimum absolute atomic E-state index is 0.0240. The Kier molecular flexibility index (Phi) is 4.15. The van der Waals surface area contributed by atoms with Crippen molar-refractivity contribution in [3.05, 3.63) is 34.9 Å². The van der Waals surface area contributed by atoms with Crippen LogP contribution >= 0.6 is 11.6 Å². The molecular formula is C13H16ClNO2. The van der Waals surface area contributed by atoms with Crippen LogP contribution in [0.3, 0.4) is 0 Å². The van der Waals surface area contributed by atoms with Gasteiger partial charge < -0.3 is 5.11 Å². The lowest BCUT2D eigenvalue weighted by atomic mass is 10.1. The van der Waals surface area contributed by atoms with Gasteiger partial charge in [0.2, 0.25) is 0 Å². The molecule has 0 bridgehead atoms. The predicted molar refractivity (Wildman–Crippen MR) is 67.5 cm³/mol. The Labute approximate surface area is 106 Å². The van der Waals surface area contributed by atoms with Gasteiger partial charge in [-0.3, -0.25) is 9.69 Å². The zero-order chi connectivity index (χ0) is 12.3. The molecule has 0 aromatic heterocycles. The third-order valence-corrected chi connectivity index (χ3v) is 3.30. The molecule has 0 heterocycles. The van der Waals surface area contributed by atoms with Gasteiger partial charge in [0, 0.05) is 18.2 Å². The normalized spacial score (nSPS) is 15.2. The summed E-state index contributed by atoms with van der Waals surface area (Å²) in [6.07, 6.45) is 2.24. The Bertz CT molecular complexity index is 404. The Morgan fingerprint density at radius 2 is 2.12 bits per heavy atom. The van der Waals surface area contributed by atoms with Crippen LogP contribution in [0.1, 0.15) is 23.2 Å². The van der Waals surface area contributed by atoms with E-state index in [0.29, 0.717) is 29.7 Å². The highest BCUT2D eigenvalue weighted by molar-refractivity contribution is 6.34. The molecular weight excluding hydrogens is 238 g/mol. The first-order valence-corrected chi connectivity index (χ1v) is 6.23. The zero-order valence-corrected chi connectivity index (χ0v) is 10.4. The monoisotopic (exact) mass is 253 g/mol. The van der Waals surface area contributed by atoms with E-state index in [-0.39, 0.29) is 12.4 Å². The molecule has 1 fully saturated rings. The van der Waals surface area contributed by atoms with Crippen LogP contribution in [0.4, 0.5) is 0 Å². The van der Waals surface area contributed by atoms with E-state index in [4.69, 9.17) is 16.7 Å². The molecule has 17 heavy (non-hydrogen) atoms. The Morgan fingerprint density at radius 3 is 2.71 bits per heavy atom. The molecule has 0 aliphatic heterocycles. The molecule has 1 aliphatic rings. The molecule has 0 amide bonds. The van der Waals surface area contributed by atoms with Crippen LogP contribution in [0.5, 0.6) is 0 Å². The standard InChI is InChI=1S/C13H16ClNO2/c14-12-4-2-1-3-11(12)13(17)9-15(7-8-16)10-5-6-10/h1-4,10,16H,5-9H2. The maximum absolute atomic E-state index is 12.1. The van der Waals surface area contributed by atoms with Crippen molar-refractivity contribution in [2.45, 2.75) is 18.9 Å². The molecule has 1 aromatic carbocycles. The number of ketones is 1. The topological polar surface area (TPSA) is 40.5 Å². The van der Waals surface area contributed by atoms with Gasteiger partial charge in [-0.15, -0.1) is 0 Å². The van der Waals surface area contributed by atoms with Crippen LogP contribution in [0, 0.1) is 0 Å². The molecule has 1 saturated carbocycles. The van der Waals surface area contributed by atoms with Crippen LogP contribution in [-0.4, -0.2) is 41.5 Å². The van der Waals surface area contributed by atoms with Gasteiger partial charge in [-0.25, -0.2) is 0 Å². The lowest BCUT2D eigenvalue weighted by Gasteiger charge is -2.19. The SMILES string of the molecule is O=C(CN(CCO)C1CC1)c1ccccc1Cl. The van der Waals surface area contributed by atoms with Crippen molar-refractivity contribution in [3.8, 4) is 0 Å². The van der Waals surface area contributed by atoms with Crippen molar-refractivity contribution >= 4 is 17.4 Å². The third-order valence-electron chi connectivity index (χ3n) is 2.97. The summed E-state index contributed by atoms with van der Waals surface area (Å²) in [4.78, 5) is 14.1. The number of aliphatic hydroxyl groups excluding tert-OH is 1. The number of carbonyl (C=O) groups excluding carboxylic acids is 1. The van der Waals surface area contributed by atoms with Crippen LogP contribution in [0.2, 0.25) is 5.02 Å². The van der Waals surface area contributed by atoms with E-state index in [1.807, 2.05) is 17.0 Å². The lowest BCUT2D eigenvalue weighted by molar-refractivity contribution is 0.0907. The molecule has 0 saturated heterocycles. The summed E-state index contributed by atoms with van der Waals surface area (Å²) in [6.45, 7) is 0.988. The Hall–Kier alpha value is -0.900. The molecule has 3 nitrogen and oxygen atoms in total. The van der Waals surface area contributed by atoms with Gasteiger partial charge in [0.1, 0.15) is 0 Å². The Morgan fingerprint density at radius 1 is 1.41 bits per heavy atom. The highest BCUT2D eigenvalue weighted by Crippen LogP contribution is 2.27. The summed E-state index contributed by atoms with van der Waals surface area (Å²) >= 11 is 5.99. The maximum atomic E-state index is 12.1. The van der Waals surface area contributed by atoms with Crippen molar-refractivity contribution in [1.29, 1.82) is 0 Å². The average molecular weight is 254 g/mol. The molecule has 1 N–H and O–H groups in total. The second-order valence-electron chi connectivity index (χ2n) is 4.33. The van der Waals surface area contributed by atoms with Gasteiger partial charge in [-0.1, -0.05) is 23.7 Å². The quantitative estimate of drug-likeness (QED) is 0.789. The molecule has 2 rings (SSSR count). The highest BCUT2D eigenvalue weighted by Gasteiger charge is 2.30. The number of Topliss-reactive ketones (excluding diaryl/α,β-unsaturated/α-hetero) is 1. The summed E-state index contributed by atoms with van der Waals surface area (Å²) in [5.74, 6) is 0.0240. The summed E-state index contributed by atoms with van der Waals surface area (Å²) in [5.41, 5.74) is 0.567. The first kappa shape index (κ1) is 12.6. The third kappa shape index (κ3) is 3.28. The van der Waals surface area contributed by atoms with Crippen molar-refractivity contribution in [2.75, 3.05) is 19.7 Å². The molecule has 1 aliphatic carbocycles. The number of hydrogen-bond donors (Lipinski definition) is 1. The molecule has 0 unspecified atom stereocenters. The largest absolute Gasteiger partial charge is 0.395 e. The predicted octanol–water partition coefficient (Wildman–Crippen LogP) is 1.98. The van der Waals surface area contributed by atoms with E-state index >= 15 is 0 Å². The van der Waals surface area contributed by atoms with E-state index in [1.54, 1.807) is 12.1 Å². The van der Waals surface area contributed by atoms with Gasteiger partial charge in [0.15, 0.2) is 5.78 Å². The first-order chi connectivity index (χ1) is 8.22. The number of benzene rings is 1. The molecule has 1 aromatic rings. The molecule has 92 valence electrons. The molecule has 0 spiro atoms. The van der Waals surface area contributed by atoms with E-state index in [9.17, 15) is 4.79 Å². The van der Waals surface area contributed by atoms with Crippen molar-refractivity contribution in [1.82, 2.24) is 4.90 Å². The summed E-state index contributed by atoms with van der Waals surface area (Å²) < 4.78 is 0. The molecule has 0 radical (unpaired) electrons. The van der Waals surface area contributed by atoms with Crippen LogP contribution < -0.4 is 0 Å².